The van der Waals surface area contributed by atoms with Crippen LogP contribution in [0.4, 0.5) is 25.0 Å². The number of nitrogens with zero attached hydrogens (tertiary/aromatic N) is 2. The maximum absolute atomic E-state index is 13.7. The topological polar surface area (TPSA) is 76.1 Å². The van der Waals surface area contributed by atoms with Gasteiger partial charge in [-0.15, -0.1) is 0 Å². The van der Waals surface area contributed by atoms with E-state index in [4.69, 9.17) is 4.74 Å². The molecule has 138 valence electrons. The van der Waals surface area contributed by atoms with Gasteiger partial charge < -0.3 is 15.4 Å². The number of carbonyl (C=O) groups is 1. The second-order valence-corrected chi connectivity index (χ2v) is 5.64. The molecule has 6 nitrogen and oxygen atoms in total. The second-order valence-electron chi connectivity index (χ2n) is 5.64. The fraction of sp³-hybridized carbons (Fsp3) is 0.105. The first-order chi connectivity index (χ1) is 12.9. The Morgan fingerprint density at radius 3 is 2.11 bits per heavy atom. The molecule has 2 amide bonds. The Morgan fingerprint density at radius 1 is 0.889 bits per heavy atom. The third-order valence-corrected chi connectivity index (χ3v) is 3.65. The van der Waals surface area contributed by atoms with Crippen LogP contribution in [0.15, 0.2) is 48.5 Å². The number of benzene rings is 2. The number of para-hydroxylation sites is 2. The van der Waals surface area contributed by atoms with E-state index < -0.39 is 17.7 Å². The average Bonchev–Trinajstić information content (AvgIpc) is 2.62. The maximum atomic E-state index is 13.7. The van der Waals surface area contributed by atoms with Crippen LogP contribution in [0.25, 0.3) is 0 Å². The molecule has 2 N–H and O–H groups in total. The average molecular weight is 370 g/mol. The fourth-order valence-electron chi connectivity index (χ4n) is 2.37. The van der Waals surface area contributed by atoms with Crippen LogP contribution >= 0.6 is 0 Å². The van der Waals surface area contributed by atoms with Crippen molar-refractivity contribution in [2.45, 2.75) is 13.8 Å². The number of amides is 2. The number of nitrogens with one attached hydrogen (secondary N) is 2. The van der Waals surface area contributed by atoms with Crippen LogP contribution < -0.4 is 15.4 Å². The van der Waals surface area contributed by atoms with Crippen LogP contribution in [0.3, 0.4) is 0 Å². The van der Waals surface area contributed by atoms with Crippen LogP contribution in [0, 0.1) is 25.5 Å². The lowest BCUT2D eigenvalue weighted by Gasteiger charge is -2.13. The molecule has 0 saturated heterocycles. The first-order valence-corrected chi connectivity index (χ1v) is 8.04. The Kier molecular flexibility index (Phi) is 5.25. The zero-order valence-corrected chi connectivity index (χ0v) is 14.6. The Morgan fingerprint density at radius 2 is 1.48 bits per heavy atom. The lowest BCUT2D eigenvalue weighted by molar-refractivity contribution is 0.262. The van der Waals surface area contributed by atoms with Gasteiger partial charge in [0, 0.05) is 0 Å². The largest absolute Gasteiger partial charge is 0.421 e. The smallest absolute Gasteiger partial charge is 0.323 e. The molecule has 0 aliphatic heterocycles. The molecule has 0 spiro atoms. The highest BCUT2D eigenvalue weighted by atomic mass is 19.1. The summed E-state index contributed by atoms with van der Waals surface area (Å²) < 4.78 is 32.7. The van der Waals surface area contributed by atoms with E-state index in [1.807, 2.05) is 0 Å². The highest BCUT2D eigenvalue weighted by Gasteiger charge is 2.14. The van der Waals surface area contributed by atoms with Crippen LogP contribution in [-0.4, -0.2) is 16.0 Å². The van der Waals surface area contributed by atoms with Crippen molar-refractivity contribution in [2.75, 3.05) is 10.6 Å². The maximum Gasteiger partial charge on any atom is 0.323 e. The lowest BCUT2D eigenvalue weighted by atomic mass is 10.3. The van der Waals surface area contributed by atoms with E-state index in [0.29, 0.717) is 17.1 Å². The van der Waals surface area contributed by atoms with E-state index in [0.717, 1.165) is 0 Å². The van der Waals surface area contributed by atoms with Gasteiger partial charge in [-0.3, -0.25) is 0 Å². The van der Waals surface area contributed by atoms with Crippen molar-refractivity contribution in [3.05, 3.63) is 71.6 Å². The highest BCUT2D eigenvalue weighted by molar-refractivity contribution is 6.00. The summed E-state index contributed by atoms with van der Waals surface area (Å²) in [6.07, 6.45) is 0. The molecule has 3 aromatic rings. The minimum Gasteiger partial charge on any atom is -0.421 e. The van der Waals surface area contributed by atoms with Crippen LogP contribution in [0.1, 0.15) is 11.4 Å². The number of anilines is 2. The third-order valence-electron chi connectivity index (χ3n) is 3.65. The van der Waals surface area contributed by atoms with Gasteiger partial charge in [0.15, 0.2) is 11.6 Å². The van der Waals surface area contributed by atoms with Gasteiger partial charge in [-0.05, 0) is 38.1 Å². The molecule has 1 heterocycles. The van der Waals surface area contributed by atoms with E-state index in [2.05, 4.69) is 20.6 Å². The summed E-state index contributed by atoms with van der Waals surface area (Å²) in [6, 6.07) is 11.0. The van der Waals surface area contributed by atoms with Gasteiger partial charge in [0.25, 0.3) is 0 Å². The second kappa shape index (κ2) is 7.77. The number of carbonyl (C=O) groups excluding carboxylic acids is 1. The molecule has 27 heavy (non-hydrogen) atoms. The summed E-state index contributed by atoms with van der Waals surface area (Å²) >= 11 is 0. The first kappa shape index (κ1) is 18.2. The number of halogens is 2. The molecule has 3 rings (SSSR count). The molecule has 0 aliphatic rings. The summed E-state index contributed by atoms with van der Waals surface area (Å²) in [5.74, 6) is -1.09. The molecule has 0 fully saturated rings. The Hall–Kier alpha value is -3.55. The van der Waals surface area contributed by atoms with Crippen LogP contribution in [0.5, 0.6) is 11.8 Å². The molecule has 1 aromatic heterocycles. The van der Waals surface area contributed by atoms with Gasteiger partial charge in [0.05, 0.1) is 22.8 Å². The van der Waals surface area contributed by atoms with E-state index in [-0.39, 0.29) is 17.4 Å². The zero-order valence-electron chi connectivity index (χ0n) is 14.6. The molecule has 0 saturated carbocycles. The van der Waals surface area contributed by atoms with E-state index in [1.165, 1.54) is 30.3 Å². The zero-order chi connectivity index (χ0) is 19.4. The molecule has 8 heteroatoms. The van der Waals surface area contributed by atoms with Crippen molar-refractivity contribution < 1.29 is 18.3 Å². The van der Waals surface area contributed by atoms with E-state index in [9.17, 15) is 13.6 Å². The van der Waals surface area contributed by atoms with Crippen molar-refractivity contribution >= 4 is 17.4 Å². The molecule has 0 atom stereocenters. The lowest BCUT2D eigenvalue weighted by Crippen LogP contribution is -2.22. The summed E-state index contributed by atoms with van der Waals surface area (Å²) in [5, 5.41) is 5.00. The Labute approximate surface area is 154 Å². The first-order valence-electron chi connectivity index (χ1n) is 8.04. The van der Waals surface area contributed by atoms with Crippen molar-refractivity contribution in [3.63, 3.8) is 0 Å². The van der Waals surface area contributed by atoms with Gasteiger partial charge >= 0.3 is 12.0 Å². The number of urea groups is 1. The Bertz CT molecular complexity index is 972. The summed E-state index contributed by atoms with van der Waals surface area (Å²) in [6.45, 7) is 3.28. The molecule has 0 unspecified atom stereocenters. The SMILES string of the molecule is Cc1nc(Oc2ccccc2F)nc(C)c1NC(=O)Nc1ccccc1F. The number of aromatic nitrogens is 2. The third kappa shape index (κ3) is 4.35. The van der Waals surface area contributed by atoms with E-state index in [1.54, 1.807) is 32.0 Å². The van der Waals surface area contributed by atoms with Crippen molar-refractivity contribution in [3.8, 4) is 11.8 Å². The molecular weight excluding hydrogens is 354 g/mol. The minimum atomic E-state index is -0.641. The molecule has 0 bridgehead atoms. The number of hydrogen-bond donors (Lipinski definition) is 2. The van der Waals surface area contributed by atoms with Gasteiger partial charge in [0.1, 0.15) is 5.82 Å². The van der Waals surface area contributed by atoms with Crippen molar-refractivity contribution in [1.82, 2.24) is 9.97 Å². The van der Waals surface area contributed by atoms with Crippen LogP contribution in [0.2, 0.25) is 0 Å². The molecule has 0 aliphatic carbocycles. The highest BCUT2D eigenvalue weighted by Crippen LogP contribution is 2.25. The van der Waals surface area contributed by atoms with Crippen LogP contribution in [-0.2, 0) is 0 Å². The summed E-state index contributed by atoms with van der Waals surface area (Å²) in [5.41, 5.74) is 1.23. The number of hydrogen-bond acceptors (Lipinski definition) is 4. The normalized spacial score (nSPS) is 10.4. The van der Waals surface area contributed by atoms with Crippen molar-refractivity contribution in [2.24, 2.45) is 0 Å². The quantitative estimate of drug-likeness (QED) is 0.691. The molecule has 2 aromatic carbocycles. The number of rotatable bonds is 4. The van der Waals surface area contributed by atoms with Gasteiger partial charge in [-0.25, -0.2) is 13.6 Å². The van der Waals surface area contributed by atoms with Gasteiger partial charge in [0.2, 0.25) is 0 Å². The fourth-order valence-corrected chi connectivity index (χ4v) is 2.37. The van der Waals surface area contributed by atoms with Crippen molar-refractivity contribution in [1.29, 1.82) is 0 Å². The van der Waals surface area contributed by atoms with Gasteiger partial charge in [-0.1, -0.05) is 24.3 Å². The Balaban J connectivity index is 1.76. The molecule has 0 radical (unpaired) electrons. The number of aryl methyl sites for hydroxylation is 2. The molecular formula is C19H16F2N4O2. The standard InChI is InChI=1S/C19H16F2N4O2/c1-11-17(25-18(26)24-15-9-5-3-7-13(15)20)12(2)23-19(22-11)27-16-10-6-4-8-14(16)21/h3-10H,1-2H3,(H2,24,25,26). The number of ether oxygens (including phenoxy) is 1. The predicted octanol–water partition coefficient (Wildman–Crippen LogP) is 4.81. The summed E-state index contributed by atoms with van der Waals surface area (Å²) in [4.78, 5) is 20.4. The predicted molar refractivity (Wildman–Crippen MR) is 97.0 cm³/mol. The summed E-state index contributed by atoms with van der Waals surface area (Å²) in [7, 11) is 0. The van der Waals surface area contributed by atoms with E-state index >= 15 is 0 Å². The van der Waals surface area contributed by atoms with Gasteiger partial charge in [-0.2, -0.15) is 9.97 Å². The monoisotopic (exact) mass is 370 g/mol. The minimum absolute atomic E-state index is 0.00527.